The van der Waals surface area contributed by atoms with Gasteiger partial charge in [0.05, 0.1) is 0 Å². The summed E-state index contributed by atoms with van der Waals surface area (Å²) in [5.41, 5.74) is 0. The molecule has 2 N–H and O–H groups in total. The second-order valence-electron chi connectivity index (χ2n) is 5.69. The van der Waals surface area contributed by atoms with E-state index in [0.717, 1.165) is 12.8 Å². The van der Waals surface area contributed by atoms with E-state index in [2.05, 4.69) is 10.3 Å². The number of aromatic nitrogens is 1. The van der Waals surface area contributed by atoms with Crippen LogP contribution in [0, 0.1) is 5.92 Å². The maximum atomic E-state index is 12.4. The maximum absolute atomic E-state index is 12.4. The number of nitrogens with one attached hydrogen (secondary N) is 1. The predicted molar refractivity (Wildman–Crippen MR) is 82.1 cm³/mol. The molecule has 1 fully saturated rings. The van der Waals surface area contributed by atoms with Crippen LogP contribution in [-0.4, -0.2) is 47.9 Å². The van der Waals surface area contributed by atoms with Crippen LogP contribution >= 0.6 is 0 Å². The Kier molecular flexibility index (Phi) is 5.02. The molecule has 0 aliphatic carbocycles. The standard InChI is InChI=1S/C14H21N3O4S/c1-10(2)13(14(18)19)16-12-6-5-11(9-15-12)22(20,21)17-7-3-4-8-17/h5-6,9-10,13H,3-4,7-8H2,1-2H3,(H,15,16)(H,18,19)/t13-/m1/s1. The van der Waals surface area contributed by atoms with Gasteiger partial charge < -0.3 is 10.4 Å². The van der Waals surface area contributed by atoms with Gasteiger partial charge in [-0.25, -0.2) is 18.2 Å². The average molecular weight is 327 g/mol. The van der Waals surface area contributed by atoms with Crippen molar-refractivity contribution in [3.8, 4) is 0 Å². The first-order chi connectivity index (χ1) is 10.3. The van der Waals surface area contributed by atoms with E-state index in [4.69, 9.17) is 5.11 Å². The van der Waals surface area contributed by atoms with E-state index >= 15 is 0 Å². The molecule has 0 unspecified atom stereocenters. The minimum atomic E-state index is -3.49. The van der Waals surface area contributed by atoms with Crippen LogP contribution < -0.4 is 5.32 Å². The van der Waals surface area contributed by atoms with Gasteiger partial charge in [0.1, 0.15) is 16.8 Å². The first kappa shape index (κ1) is 16.7. The third kappa shape index (κ3) is 3.56. The van der Waals surface area contributed by atoms with Gasteiger partial charge >= 0.3 is 5.97 Å². The molecule has 1 aromatic heterocycles. The minimum Gasteiger partial charge on any atom is -0.480 e. The third-order valence-corrected chi connectivity index (χ3v) is 5.56. The largest absolute Gasteiger partial charge is 0.480 e. The summed E-state index contributed by atoms with van der Waals surface area (Å²) < 4.78 is 26.2. The lowest BCUT2D eigenvalue weighted by Crippen LogP contribution is -2.34. The summed E-state index contributed by atoms with van der Waals surface area (Å²) in [6, 6.07) is 2.19. The van der Waals surface area contributed by atoms with E-state index < -0.39 is 22.0 Å². The molecule has 1 atom stereocenters. The van der Waals surface area contributed by atoms with Crippen molar-refractivity contribution in [2.45, 2.75) is 37.6 Å². The van der Waals surface area contributed by atoms with Crippen LogP contribution in [0.15, 0.2) is 23.2 Å². The SMILES string of the molecule is CC(C)[C@@H](Nc1ccc(S(=O)(=O)N2CCCC2)cn1)C(=O)O. The lowest BCUT2D eigenvalue weighted by Gasteiger charge is -2.19. The summed E-state index contributed by atoms with van der Waals surface area (Å²) >= 11 is 0. The van der Waals surface area contributed by atoms with E-state index in [1.807, 2.05) is 0 Å². The first-order valence-corrected chi connectivity index (χ1v) is 8.72. The highest BCUT2D eigenvalue weighted by Crippen LogP contribution is 2.21. The Balaban J connectivity index is 2.15. The molecule has 2 heterocycles. The van der Waals surface area contributed by atoms with Crippen molar-refractivity contribution in [1.29, 1.82) is 0 Å². The number of rotatable bonds is 6. The van der Waals surface area contributed by atoms with Gasteiger partial charge in [-0.15, -0.1) is 0 Å². The molecule has 7 nitrogen and oxygen atoms in total. The normalized spacial score (nSPS) is 17.6. The Hall–Kier alpha value is -1.67. The van der Waals surface area contributed by atoms with Crippen molar-refractivity contribution in [2.24, 2.45) is 5.92 Å². The van der Waals surface area contributed by atoms with Crippen LogP contribution in [0.4, 0.5) is 5.82 Å². The number of aliphatic carboxylic acids is 1. The van der Waals surface area contributed by atoms with Gasteiger partial charge in [-0.05, 0) is 30.9 Å². The highest BCUT2D eigenvalue weighted by Gasteiger charge is 2.27. The molecule has 1 aromatic rings. The van der Waals surface area contributed by atoms with E-state index in [9.17, 15) is 13.2 Å². The third-order valence-electron chi connectivity index (χ3n) is 3.68. The lowest BCUT2D eigenvalue weighted by atomic mass is 10.1. The number of hydrogen-bond donors (Lipinski definition) is 2. The molecule has 1 saturated heterocycles. The van der Waals surface area contributed by atoms with Gasteiger partial charge in [0.25, 0.3) is 0 Å². The van der Waals surface area contributed by atoms with E-state index in [0.29, 0.717) is 18.9 Å². The zero-order chi connectivity index (χ0) is 16.3. The number of hydrogen-bond acceptors (Lipinski definition) is 5. The van der Waals surface area contributed by atoms with Crippen LogP contribution in [0.25, 0.3) is 0 Å². The van der Waals surface area contributed by atoms with Crippen LogP contribution in [0.5, 0.6) is 0 Å². The highest BCUT2D eigenvalue weighted by atomic mass is 32.2. The van der Waals surface area contributed by atoms with Crippen LogP contribution in [0.1, 0.15) is 26.7 Å². The summed E-state index contributed by atoms with van der Waals surface area (Å²) in [6.45, 7) is 4.66. The van der Waals surface area contributed by atoms with Crippen molar-refractivity contribution in [1.82, 2.24) is 9.29 Å². The Morgan fingerprint density at radius 1 is 1.32 bits per heavy atom. The highest BCUT2D eigenvalue weighted by molar-refractivity contribution is 7.89. The van der Waals surface area contributed by atoms with Gasteiger partial charge in [0.15, 0.2) is 0 Å². The Labute approximate surface area is 130 Å². The fourth-order valence-electron chi connectivity index (χ4n) is 2.37. The van der Waals surface area contributed by atoms with Crippen molar-refractivity contribution in [3.63, 3.8) is 0 Å². The number of sulfonamides is 1. The molecule has 0 spiro atoms. The number of carboxylic acid groups (broad SMARTS) is 1. The first-order valence-electron chi connectivity index (χ1n) is 7.28. The molecule has 0 radical (unpaired) electrons. The van der Waals surface area contributed by atoms with Crippen LogP contribution in [-0.2, 0) is 14.8 Å². The number of carbonyl (C=O) groups is 1. The number of anilines is 1. The minimum absolute atomic E-state index is 0.118. The average Bonchev–Trinajstić information content (AvgIpc) is 2.99. The monoisotopic (exact) mass is 327 g/mol. The maximum Gasteiger partial charge on any atom is 0.326 e. The van der Waals surface area contributed by atoms with E-state index in [1.54, 1.807) is 13.8 Å². The number of carboxylic acids is 1. The molecule has 0 saturated carbocycles. The molecule has 0 aromatic carbocycles. The summed E-state index contributed by atoms with van der Waals surface area (Å²) in [4.78, 5) is 15.3. The molecule has 0 amide bonds. The van der Waals surface area contributed by atoms with E-state index in [-0.39, 0.29) is 10.8 Å². The van der Waals surface area contributed by atoms with E-state index in [1.165, 1.54) is 22.6 Å². The quantitative estimate of drug-likeness (QED) is 0.819. The molecule has 1 aliphatic heterocycles. The molecule has 0 bridgehead atoms. The Morgan fingerprint density at radius 2 is 1.95 bits per heavy atom. The summed E-state index contributed by atoms with van der Waals surface area (Å²) in [7, 11) is -3.49. The van der Waals surface area contributed by atoms with Gasteiger partial charge in [0.2, 0.25) is 10.0 Å². The van der Waals surface area contributed by atoms with Crippen molar-refractivity contribution >= 4 is 21.8 Å². The van der Waals surface area contributed by atoms with Crippen LogP contribution in [0.2, 0.25) is 0 Å². The molecular weight excluding hydrogens is 306 g/mol. The van der Waals surface area contributed by atoms with Crippen molar-refractivity contribution < 1.29 is 18.3 Å². The Bertz CT molecular complexity index is 622. The van der Waals surface area contributed by atoms with Gasteiger partial charge in [-0.2, -0.15) is 4.31 Å². The molecule has 122 valence electrons. The van der Waals surface area contributed by atoms with Gasteiger partial charge in [0, 0.05) is 19.3 Å². The molecule has 22 heavy (non-hydrogen) atoms. The Morgan fingerprint density at radius 3 is 2.41 bits per heavy atom. The molecule has 1 aliphatic rings. The molecular formula is C14H21N3O4S. The van der Waals surface area contributed by atoms with Crippen molar-refractivity contribution in [2.75, 3.05) is 18.4 Å². The topological polar surface area (TPSA) is 99.6 Å². The van der Waals surface area contributed by atoms with Gasteiger partial charge in [-0.3, -0.25) is 0 Å². The molecule has 8 heteroatoms. The summed E-state index contributed by atoms with van der Waals surface area (Å²) in [6.07, 6.45) is 3.02. The lowest BCUT2D eigenvalue weighted by molar-refractivity contribution is -0.138. The second kappa shape index (κ2) is 6.62. The van der Waals surface area contributed by atoms with Crippen LogP contribution in [0.3, 0.4) is 0 Å². The summed E-state index contributed by atoms with van der Waals surface area (Å²) in [5, 5.41) is 11.9. The van der Waals surface area contributed by atoms with Crippen molar-refractivity contribution in [3.05, 3.63) is 18.3 Å². The zero-order valence-electron chi connectivity index (χ0n) is 12.7. The molecule has 2 rings (SSSR count). The number of nitrogens with zero attached hydrogens (tertiary/aromatic N) is 2. The fraction of sp³-hybridized carbons (Fsp3) is 0.571. The summed E-state index contributed by atoms with van der Waals surface area (Å²) in [5.74, 6) is -0.737. The van der Waals surface area contributed by atoms with Gasteiger partial charge in [-0.1, -0.05) is 13.8 Å². The smallest absolute Gasteiger partial charge is 0.326 e. The predicted octanol–water partition coefficient (Wildman–Crippen LogP) is 1.39. The number of pyridine rings is 1. The second-order valence-corrected chi connectivity index (χ2v) is 7.63. The fourth-order valence-corrected chi connectivity index (χ4v) is 3.83. The zero-order valence-corrected chi connectivity index (χ0v) is 13.5.